The monoisotopic (exact) mass is 448 g/mol. The summed E-state index contributed by atoms with van der Waals surface area (Å²) in [5.74, 6) is -0.226. The van der Waals surface area contributed by atoms with Gasteiger partial charge in [-0.2, -0.15) is 0 Å². The molecule has 31 heavy (non-hydrogen) atoms. The van der Waals surface area contributed by atoms with Crippen molar-refractivity contribution in [2.24, 2.45) is 0 Å². The van der Waals surface area contributed by atoms with Crippen molar-refractivity contribution in [2.75, 3.05) is 32.7 Å². The molecule has 2 amide bonds. The number of amides is 2. The van der Waals surface area contributed by atoms with Crippen LogP contribution >= 0.6 is 11.3 Å². The fourth-order valence-electron chi connectivity index (χ4n) is 4.23. The SMILES string of the molecule is CC[NH+](CC)CCNC(=O)c1sc2ncn(CC(=O)N3CCCCC3C)c(=O)c2c1C. The molecule has 1 aliphatic rings. The molecule has 0 aliphatic carbocycles. The molecule has 1 aliphatic heterocycles. The molecule has 9 heteroatoms. The Morgan fingerprint density at radius 3 is 2.71 bits per heavy atom. The molecule has 8 nitrogen and oxygen atoms in total. The molecule has 0 aromatic carbocycles. The summed E-state index contributed by atoms with van der Waals surface area (Å²) in [5.41, 5.74) is 0.377. The average Bonchev–Trinajstić information content (AvgIpc) is 3.10. The Morgan fingerprint density at radius 2 is 2.03 bits per heavy atom. The van der Waals surface area contributed by atoms with Gasteiger partial charge in [-0.3, -0.25) is 19.0 Å². The van der Waals surface area contributed by atoms with Gasteiger partial charge in [-0.05, 0) is 52.5 Å². The van der Waals surface area contributed by atoms with Gasteiger partial charge >= 0.3 is 0 Å². The van der Waals surface area contributed by atoms with Crippen LogP contribution in [0.1, 0.15) is 55.3 Å². The first-order chi connectivity index (χ1) is 14.9. The molecule has 1 unspecified atom stereocenters. The third-order valence-corrected chi connectivity index (χ3v) is 7.52. The lowest BCUT2D eigenvalue weighted by molar-refractivity contribution is -0.895. The average molecular weight is 449 g/mol. The Labute approximate surface area is 187 Å². The minimum Gasteiger partial charge on any atom is -0.346 e. The lowest BCUT2D eigenvalue weighted by Crippen LogP contribution is -3.12. The number of likely N-dealkylation sites (tertiary alicyclic amines) is 1. The second-order valence-corrected chi connectivity index (χ2v) is 9.31. The predicted octanol–water partition coefficient (Wildman–Crippen LogP) is 0.822. The van der Waals surface area contributed by atoms with Crippen LogP contribution in [-0.4, -0.2) is 65.0 Å². The van der Waals surface area contributed by atoms with E-state index in [1.54, 1.807) is 6.92 Å². The summed E-state index contributed by atoms with van der Waals surface area (Å²) in [7, 11) is 0. The highest BCUT2D eigenvalue weighted by molar-refractivity contribution is 7.20. The van der Waals surface area contributed by atoms with Gasteiger partial charge in [0.15, 0.2) is 0 Å². The number of thiophene rings is 1. The molecule has 0 saturated carbocycles. The van der Waals surface area contributed by atoms with Crippen LogP contribution in [0.2, 0.25) is 0 Å². The quantitative estimate of drug-likeness (QED) is 0.626. The van der Waals surface area contributed by atoms with E-state index in [2.05, 4.69) is 31.1 Å². The van der Waals surface area contributed by atoms with Crippen molar-refractivity contribution in [2.45, 2.75) is 59.5 Å². The van der Waals surface area contributed by atoms with Crippen molar-refractivity contribution in [1.29, 1.82) is 0 Å². The summed E-state index contributed by atoms with van der Waals surface area (Å²) in [4.78, 5) is 47.3. The largest absolute Gasteiger partial charge is 0.346 e. The topological polar surface area (TPSA) is 88.7 Å². The number of nitrogens with one attached hydrogen (secondary N) is 2. The van der Waals surface area contributed by atoms with Crippen LogP contribution in [0.25, 0.3) is 10.2 Å². The second kappa shape index (κ2) is 10.4. The number of aromatic nitrogens is 2. The van der Waals surface area contributed by atoms with Crippen molar-refractivity contribution >= 4 is 33.4 Å². The van der Waals surface area contributed by atoms with Gasteiger partial charge in [0.05, 0.1) is 42.8 Å². The van der Waals surface area contributed by atoms with Crippen LogP contribution < -0.4 is 15.8 Å². The van der Waals surface area contributed by atoms with E-state index >= 15 is 0 Å². The Hall–Kier alpha value is -2.26. The zero-order valence-electron chi connectivity index (χ0n) is 19.0. The van der Waals surface area contributed by atoms with Gasteiger partial charge in [-0.1, -0.05) is 0 Å². The smallest absolute Gasteiger partial charge is 0.262 e. The summed E-state index contributed by atoms with van der Waals surface area (Å²) in [6.07, 6.45) is 4.56. The number of carbonyl (C=O) groups excluding carboxylic acids is 2. The third kappa shape index (κ3) is 5.15. The molecule has 1 saturated heterocycles. The molecule has 2 N–H and O–H groups in total. The summed E-state index contributed by atoms with van der Waals surface area (Å²) in [5, 5.41) is 3.40. The molecule has 0 radical (unpaired) electrons. The molecule has 2 aromatic heterocycles. The van der Waals surface area contributed by atoms with E-state index in [0.29, 0.717) is 27.2 Å². The molecule has 1 atom stereocenters. The van der Waals surface area contributed by atoms with Gasteiger partial charge in [-0.25, -0.2) is 4.98 Å². The standard InChI is InChI=1S/C22H33N5O3S/c1-5-25(6-2)12-10-23-20(29)19-16(4)18-21(31-19)24-14-26(22(18)30)13-17(28)27-11-8-7-9-15(27)3/h14-15H,5-13H2,1-4H3,(H,23,29)/p+1. The van der Waals surface area contributed by atoms with Gasteiger partial charge in [0.2, 0.25) is 5.91 Å². The molecule has 3 rings (SSSR count). The van der Waals surface area contributed by atoms with Crippen molar-refractivity contribution in [3.05, 3.63) is 27.1 Å². The maximum atomic E-state index is 13.1. The van der Waals surface area contributed by atoms with Gasteiger partial charge < -0.3 is 15.1 Å². The zero-order valence-corrected chi connectivity index (χ0v) is 19.8. The Morgan fingerprint density at radius 1 is 1.29 bits per heavy atom. The van der Waals surface area contributed by atoms with Crippen LogP contribution in [0.3, 0.4) is 0 Å². The van der Waals surface area contributed by atoms with Crippen LogP contribution in [0.15, 0.2) is 11.1 Å². The number of fused-ring (bicyclic) bond motifs is 1. The number of quaternary nitrogens is 1. The minimum atomic E-state index is -0.261. The third-order valence-electron chi connectivity index (χ3n) is 6.32. The number of rotatable bonds is 8. The van der Waals surface area contributed by atoms with Crippen molar-refractivity contribution in [3.8, 4) is 0 Å². The van der Waals surface area contributed by atoms with Crippen LogP contribution in [0, 0.1) is 6.92 Å². The maximum absolute atomic E-state index is 13.1. The minimum absolute atomic E-state index is 0.0183. The van der Waals surface area contributed by atoms with E-state index in [-0.39, 0.29) is 30.0 Å². The first-order valence-corrected chi connectivity index (χ1v) is 12.1. The van der Waals surface area contributed by atoms with E-state index in [1.165, 1.54) is 27.1 Å². The van der Waals surface area contributed by atoms with Crippen LogP contribution in [0.4, 0.5) is 0 Å². The second-order valence-electron chi connectivity index (χ2n) is 8.31. The number of carbonyl (C=O) groups is 2. The fourth-order valence-corrected chi connectivity index (χ4v) is 5.29. The summed E-state index contributed by atoms with van der Waals surface area (Å²) in [6, 6.07) is 0.199. The molecule has 2 aromatic rings. The summed E-state index contributed by atoms with van der Waals surface area (Å²) < 4.78 is 1.37. The number of hydrogen-bond acceptors (Lipinski definition) is 5. The lowest BCUT2D eigenvalue weighted by atomic mass is 10.0. The van der Waals surface area contributed by atoms with E-state index in [0.717, 1.165) is 45.4 Å². The number of likely N-dealkylation sites (N-methyl/N-ethyl adjacent to an activating group) is 1. The molecular formula is C22H34N5O3S+. The van der Waals surface area contributed by atoms with Gasteiger partial charge in [0.1, 0.15) is 11.4 Å². The van der Waals surface area contributed by atoms with E-state index < -0.39 is 0 Å². The first kappa shape index (κ1) is 23.4. The van der Waals surface area contributed by atoms with Crippen molar-refractivity contribution in [3.63, 3.8) is 0 Å². The van der Waals surface area contributed by atoms with Crippen molar-refractivity contribution < 1.29 is 14.5 Å². The molecule has 0 spiro atoms. The predicted molar refractivity (Wildman–Crippen MR) is 123 cm³/mol. The molecule has 3 heterocycles. The van der Waals surface area contributed by atoms with Gasteiger partial charge in [-0.15, -0.1) is 11.3 Å². The normalized spacial score (nSPS) is 16.8. The Kier molecular flexibility index (Phi) is 7.83. The molecule has 1 fully saturated rings. The highest BCUT2D eigenvalue weighted by atomic mass is 32.1. The Bertz CT molecular complexity index is 995. The van der Waals surface area contributed by atoms with E-state index in [4.69, 9.17) is 0 Å². The van der Waals surface area contributed by atoms with Crippen molar-refractivity contribution in [1.82, 2.24) is 19.8 Å². The zero-order chi connectivity index (χ0) is 22.5. The summed E-state index contributed by atoms with van der Waals surface area (Å²) >= 11 is 1.23. The number of nitrogens with zero attached hydrogens (tertiary/aromatic N) is 3. The lowest BCUT2D eigenvalue weighted by Gasteiger charge is -2.33. The molecule has 170 valence electrons. The highest BCUT2D eigenvalue weighted by Gasteiger charge is 2.25. The maximum Gasteiger partial charge on any atom is 0.262 e. The van der Waals surface area contributed by atoms with Gasteiger partial charge in [0.25, 0.3) is 11.5 Å². The van der Waals surface area contributed by atoms with Gasteiger partial charge in [0, 0.05) is 12.6 Å². The number of piperidine rings is 1. The molecular weight excluding hydrogens is 414 g/mol. The fraction of sp³-hybridized carbons (Fsp3) is 0.636. The Balaban J connectivity index is 1.76. The number of aryl methyl sites for hydroxylation is 1. The highest BCUT2D eigenvalue weighted by Crippen LogP contribution is 2.26. The number of hydrogen-bond donors (Lipinski definition) is 2. The van der Waals surface area contributed by atoms with Crippen LogP contribution in [0.5, 0.6) is 0 Å². The van der Waals surface area contributed by atoms with E-state index in [9.17, 15) is 14.4 Å². The first-order valence-electron chi connectivity index (χ1n) is 11.3. The molecule has 0 bridgehead atoms. The summed E-state index contributed by atoms with van der Waals surface area (Å²) in [6.45, 7) is 12.3. The van der Waals surface area contributed by atoms with E-state index in [1.807, 2.05) is 4.90 Å². The van der Waals surface area contributed by atoms with Crippen LogP contribution in [-0.2, 0) is 11.3 Å².